The van der Waals surface area contributed by atoms with E-state index in [0.717, 1.165) is 19.3 Å². The summed E-state index contributed by atoms with van der Waals surface area (Å²) < 4.78 is 0. The largest absolute Gasteiger partial charge is 0.354 e. The van der Waals surface area contributed by atoms with Crippen LogP contribution >= 0.6 is 0 Å². The Morgan fingerprint density at radius 1 is 1.38 bits per heavy atom. The summed E-state index contributed by atoms with van der Waals surface area (Å²) in [5.74, 6) is 0.604. The Morgan fingerprint density at radius 2 is 2.06 bits per heavy atom. The Kier molecular flexibility index (Phi) is 3.46. The summed E-state index contributed by atoms with van der Waals surface area (Å²) in [6, 6.07) is 0.206. The molecule has 16 heavy (non-hydrogen) atoms. The number of likely N-dealkylation sites (tertiary alicyclic amines) is 1. The first kappa shape index (κ1) is 11.4. The molecule has 1 unspecified atom stereocenters. The van der Waals surface area contributed by atoms with Crippen LogP contribution in [0.2, 0.25) is 0 Å². The van der Waals surface area contributed by atoms with Crippen molar-refractivity contribution in [2.24, 2.45) is 5.92 Å². The second-order valence-corrected chi connectivity index (χ2v) is 4.92. The van der Waals surface area contributed by atoms with Gasteiger partial charge in [0.2, 0.25) is 11.8 Å². The van der Waals surface area contributed by atoms with Gasteiger partial charge in [-0.25, -0.2) is 0 Å². The quantitative estimate of drug-likeness (QED) is 0.774. The van der Waals surface area contributed by atoms with Crippen molar-refractivity contribution < 1.29 is 9.59 Å². The molecule has 0 aromatic carbocycles. The lowest BCUT2D eigenvalue weighted by Gasteiger charge is -2.21. The van der Waals surface area contributed by atoms with Gasteiger partial charge in [0.05, 0.1) is 0 Å². The van der Waals surface area contributed by atoms with Gasteiger partial charge in [0.15, 0.2) is 0 Å². The van der Waals surface area contributed by atoms with Crippen molar-refractivity contribution in [2.75, 3.05) is 13.6 Å². The van der Waals surface area contributed by atoms with Gasteiger partial charge in [0.25, 0.3) is 0 Å². The Hall–Kier alpha value is -1.06. The van der Waals surface area contributed by atoms with Crippen LogP contribution in [0.25, 0.3) is 0 Å². The summed E-state index contributed by atoms with van der Waals surface area (Å²) in [6.07, 6.45) is 5.93. The van der Waals surface area contributed by atoms with Crippen LogP contribution in [0.3, 0.4) is 0 Å². The number of hydrogen-bond donors (Lipinski definition) is 1. The van der Waals surface area contributed by atoms with E-state index in [1.165, 1.54) is 12.8 Å². The maximum Gasteiger partial charge on any atom is 0.223 e. The zero-order chi connectivity index (χ0) is 11.5. The molecule has 1 heterocycles. The van der Waals surface area contributed by atoms with Crippen molar-refractivity contribution >= 4 is 11.8 Å². The molecule has 2 rings (SSSR count). The Labute approximate surface area is 96.4 Å². The molecule has 0 aromatic rings. The number of nitrogens with zero attached hydrogens (tertiary/aromatic N) is 1. The minimum Gasteiger partial charge on any atom is -0.354 e. The van der Waals surface area contributed by atoms with Gasteiger partial charge < -0.3 is 10.2 Å². The molecule has 4 heteroatoms. The van der Waals surface area contributed by atoms with E-state index in [4.69, 9.17) is 0 Å². The van der Waals surface area contributed by atoms with E-state index >= 15 is 0 Å². The molecule has 1 N–H and O–H groups in total. The molecule has 0 spiro atoms. The van der Waals surface area contributed by atoms with E-state index in [1.807, 2.05) is 7.05 Å². The lowest BCUT2D eigenvalue weighted by molar-refractivity contribution is -0.129. The van der Waals surface area contributed by atoms with Gasteiger partial charge in [-0.2, -0.15) is 0 Å². The van der Waals surface area contributed by atoms with Crippen molar-refractivity contribution in [1.82, 2.24) is 10.2 Å². The van der Waals surface area contributed by atoms with Crippen LogP contribution < -0.4 is 5.32 Å². The molecule has 2 fully saturated rings. The van der Waals surface area contributed by atoms with Gasteiger partial charge in [0.1, 0.15) is 0 Å². The molecule has 1 saturated carbocycles. The van der Waals surface area contributed by atoms with E-state index in [-0.39, 0.29) is 23.8 Å². The highest BCUT2D eigenvalue weighted by molar-refractivity contribution is 5.80. The third-order valence-electron chi connectivity index (χ3n) is 3.87. The second kappa shape index (κ2) is 4.85. The highest BCUT2D eigenvalue weighted by Gasteiger charge is 2.29. The van der Waals surface area contributed by atoms with Crippen LogP contribution in [0.15, 0.2) is 0 Å². The van der Waals surface area contributed by atoms with Gasteiger partial charge in [-0.1, -0.05) is 12.8 Å². The molecule has 0 bridgehead atoms. The van der Waals surface area contributed by atoms with E-state index in [9.17, 15) is 9.59 Å². The van der Waals surface area contributed by atoms with E-state index in [2.05, 4.69) is 5.32 Å². The molecular formula is C12H20N2O2. The number of amides is 2. The summed E-state index contributed by atoms with van der Waals surface area (Å²) in [5, 5.41) is 2.98. The number of hydrogen-bond acceptors (Lipinski definition) is 2. The number of rotatable bonds is 3. The van der Waals surface area contributed by atoms with Crippen molar-refractivity contribution in [3.8, 4) is 0 Å². The van der Waals surface area contributed by atoms with Crippen LogP contribution in [0, 0.1) is 5.92 Å². The van der Waals surface area contributed by atoms with Crippen molar-refractivity contribution in [1.29, 1.82) is 0 Å². The molecule has 0 radical (unpaired) electrons. The predicted molar refractivity (Wildman–Crippen MR) is 60.8 cm³/mol. The smallest absolute Gasteiger partial charge is 0.223 e. The van der Waals surface area contributed by atoms with Crippen LogP contribution in [0.5, 0.6) is 0 Å². The average molecular weight is 224 g/mol. The topological polar surface area (TPSA) is 49.4 Å². The third-order valence-corrected chi connectivity index (χ3v) is 3.87. The fourth-order valence-electron chi connectivity index (χ4n) is 2.65. The van der Waals surface area contributed by atoms with Gasteiger partial charge in [0, 0.05) is 32.0 Å². The fourth-order valence-corrected chi connectivity index (χ4v) is 2.65. The summed E-state index contributed by atoms with van der Waals surface area (Å²) in [4.78, 5) is 24.8. The Balaban J connectivity index is 1.74. The Bertz CT molecular complexity index is 285. The van der Waals surface area contributed by atoms with Crippen LogP contribution in [-0.2, 0) is 9.59 Å². The van der Waals surface area contributed by atoms with Gasteiger partial charge >= 0.3 is 0 Å². The maximum atomic E-state index is 11.8. The lowest BCUT2D eigenvalue weighted by Crippen LogP contribution is -2.41. The normalized spacial score (nSPS) is 26.4. The molecule has 1 aliphatic carbocycles. The number of nitrogens with one attached hydrogen (secondary N) is 1. The van der Waals surface area contributed by atoms with Crippen molar-refractivity contribution in [2.45, 2.75) is 44.6 Å². The van der Waals surface area contributed by atoms with E-state index in [0.29, 0.717) is 13.0 Å². The number of carbonyl (C=O) groups is 2. The van der Waals surface area contributed by atoms with Gasteiger partial charge in [-0.3, -0.25) is 9.59 Å². The lowest BCUT2D eigenvalue weighted by atomic mass is 10.1. The average Bonchev–Trinajstić information content (AvgIpc) is 2.89. The SMILES string of the molecule is CN1C(=O)CCC1CNC(=O)C1CCCC1. The van der Waals surface area contributed by atoms with E-state index < -0.39 is 0 Å². The molecular weight excluding hydrogens is 204 g/mol. The molecule has 0 aromatic heterocycles. The minimum atomic E-state index is 0.185. The summed E-state index contributed by atoms with van der Waals surface area (Å²) in [5.41, 5.74) is 0. The summed E-state index contributed by atoms with van der Waals surface area (Å²) >= 11 is 0. The molecule has 1 saturated heterocycles. The van der Waals surface area contributed by atoms with Crippen LogP contribution in [-0.4, -0.2) is 36.3 Å². The van der Waals surface area contributed by atoms with Crippen molar-refractivity contribution in [3.63, 3.8) is 0 Å². The molecule has 1 aliphatic heterocycles. The van der Waals surface area contributed by atoms with E-state index in [1.54, 1.807) is 4.90 Å². The first-order chi connectivity index (χ1) is 7.68. The zero-order valence-electron chi connectivity index (χ0n) is 9.87. The zero-order valence-corrected chi connectivity index (χ0v) is 9.87. The number of carbonyl (C=O) groups excluding carboxylic acids is 2. The highest BCUT2D eigenvalue weighted by atomic mass is 16.2. The standard InChI is InChI=1S/C12H20N2O2/c1-14-10(6-7-11(14)15)8-13-12(16)9-4-2-3-5-9/h9-10H,2-8H2,1H3,(H,13,16). The maximum absolute atomic E-state index is 11.8. The molecule has 2 amide bonds. The molecule has 2 aliphatic rings. The van der Waals surface area contributed by atoms with Crippen LogP contribution in [0.1, 0.15) is 38.5 Å². The third kappa shape index (κ3) is 2.36. The second-order valence-electron chi connectivity index (χ2n) is 4.92. The molecule has 1 atom stereocenters. The Morgan fingerprint density at radius 3 is 2.62 bits per heavy atom. The first-order valence-corrected chi connectivity index (χ1v) is 6.22. The van der Waals surface area contributed by atoms with Crippen LogP contribution in [0.4, 0.5) is 0 Å². The number of likely N-dealkylation sites (N-methyl/N-ethyl adjacent to an activating group) is 1. The minimum absolute atomic E-state index is 0.185. The monoisotopic (exact) mass is 224 g/mol. The summed E-state index contributed by atoms with van der Waals surface area (Å²) in [6.45, 7) is 0.623. The highest BCUT2D eigenvalue weighted by Crippen LogP contribution is 2.24. The van der Waals surface area contributed by atoms with Gasteiger partial charge in [-0.05, 0) is 19.3 Å². The fraction of sp³-hybridized carbons (Fsp3) is 0.833. The van der Waals surface area contributed by atoms with Gasteiger partial charge in [-0.15, -0.1) is 0 Å². The molecule has 4 nitrogen and oxygen atoms in total. The van der Waals surface area contributed by atoms with Crippen molar-refractivity contribution in [3.05, 3.63) is 0 Å². The first-order valence-electron chi connectivity index (χ1n) is 6.22. The predicted octanol–water partition coefficient (Wildman–Crippen LogP) is 0.914. The summed E-state index contributed by atoms with van der Waals surface area (Å²) in [7, 11) is 1.82. The molecule has 90 valence electrons.